The second-order valence-corrected chi connectivity index (χ2v) is 8.56. The molecule has 37 heavy (non-hydrogen) atoms. The molecule has 0 bridgehead atoms. The minimum absolute atomic E-state index is 0.0995. The topological polar surface area (TPSA) is 105 Å². The zero-order valence-corrected chi connectivity index (χ0v) is 20.3. The number of nitrogens with one attached hydrogen (secondary N) is 3. The van der Waals surface area contributed by atoms with Crippen molar-refractivity contribution in [3.8, 4) is 11.3 Å². The molecular weight excluding hydrogens is 483 g/mol. The highest BCUT2D eigenvalue weighted by atomic mass is 19.4. The summed E-state index contributed by atoms with van der Waals surface area (Å²) in [6.45, 7) is 5.88. The second kappa shape index (κ2) is 10.6. The van der Waals surface area contributed by atoms with Crippen LogP contribution in [0.2, 0.25) is 0 Å². The maximum Gasteiger partial charge on any atom is 0.416 e. The van der Waals surface area contributed by atoms with Crippen LogP contribution in [0.25, 0.3) is 11.3 Å². The van der Waals surface area contributed by atoms with E-state index in [1.165, 1.54) is 24.8 Å². The Hall–Kier alpha value is -4.54. The maximum atomic E-state index is 13.0. The molecule has 4 aromatic rings. The summed E-state index contributed by atoms with van der Waals surface area (Å²) in [5.41, 5.74) is 2.14. The molecule has 0 saturated heterocycles. The number of benzene rings is 2. The minimum atomic E-state index is -4.54. The Morgan fingerprint density at radius 3 is 2.54 bits per heavy atom. The number of hydrogen-bond acceptors (Lipinski definition) is 7. The molecule has 0 spiro atoms. The van der Waals surface area contributed by atoms with E-state index in [0.717, 1.165) is 17.7 Å². The van der Waals surface area contributed by atoms with Gasteiger partial charge in [-0.1, -0.05) is 12.1 Å². The van der Waals surface area contributed by atoms with Crippen LogP contribution in [0.5, 0.6) is 0 Å². The molecule has 2 aromatic carbocycles. The fourth-order valence-corrected chi connectivity index (χ4v) is 3.50. The van der Waals surface area contributed by atoms with Crippen molar-refractivity contribution in [1.29, 1.82) is 0 Å². The molecule has 0 atom stereocenters. The number of aryl methyl sites for hydroxylation is 1. The third kappa shape index (κ3) is 6.37. The molecule has 0 aliphatic heterocycles. The molecule has 0 fully saturated rings. The van der Waals surface area contributed by atoms with Gasteiger partial charge >= 0.3 is 6.18 Å². The Morgan fingerprint density at radius 2 is 1.78 bits per heavy atom. The average molecular weight is 508 g/mol. The van der Waals surface area contributed by atoms with Crippen molar-refractivity contribution in [3.63, 3.8) is 0 Å². The van der Waals surface area contributed by atoms with Gasteiger partial charge in [0, 0.05) is 35.2 Å². The van der Waals surface area contributed by atoms with Crippen LogP contribution in [-0.4, -0.2) is 31.9 Å². The highest BCUT2D eigenvalue weighted by Gasteiger charge is 2.30. The highest BCUT2D eigenvalue weighted by Crippen LogP contribution is 2.31. The number of rotatable bonds is 7. The molecule has 3 N–H and O–H groups in total. The molecule has 1 amide bonds. The summed E-state index contributed by atoms with van der Waals surface area (Å²) in [5.74, 6) is 0.480. The van der Waals surface area contributed by atoms with Gasteiger partial charge in [-0.2, -0.15) is 13.2 Å². The van der Waals surface area contributed by atoms with Crippen LogP contribution in [-0.2, 0) is 6.18 Å². The van der Waals surface area contributed by atoms with E-state index in [9.17, 15) is 18.0 Å². The van der Waals surface area contributed by atoms with Crippen LogP contribution in [0, 0.1) is 6.92 Å². The smallest absolute Gasteiger partial charge is 0.368 e. The Morgan fingerprint density at radius 1 is 0.973 bits per heavy atom. The SMILES string of the molecule is Cc1ccc(NC(=O)c2cccc(C(F)(F)F)c2)cc1Nc1ncncc1-c1cc(NC(C)C)ncn1. The van der Waals surface area contributed by atoms with Crippen molar-refractivity contribution in [2.24, 2.45) is 0 Å². The molecule has 2 aromatic heterocycles. The number of carbonyl (C=O) groups is 1. The molecule has 0 aliphatic carbocycles. The Bertz CT molecular complexity index is 1420. The lowest BCUT2D eigenvalue weighted by Gasteiger charge is -2.15. The normalized spacial score (nSPS) is 11.3. The molecule has 4 rings (SSSR count). The standard InChI is InChI=1S/C26H24F3N7O/c1-15(2)34-23-11-22(31-14-32-23)20-12-30-13-33-24(20)36-21-10-19(8-7-16(21)3)35-25(37)17-5-4-6-18(9-17)26(27,28)29/h4-15H,1-3H3,(H,35,37)(H,30,33,36)(H,31,32,34). The number of nitrogens with zero attached hydrogens (tertiary/aromatic N) is 4. The second-order valence-electron chi connectivity index (χ2n) is 8.56. The summed E-state index contributed by atoms with van der Waals surface area (Å²) in [6.07, 6.45) is -0.0614. The van der Waals surface area contributed by atoms with Crippen LogP contribution in [0.4, 0.5) is 36.2 Å². The molecule has 2 heterocycles. The van der Waals surface area contributed by atoms with Crippen LogP contribution in [0.3, 0.4) is 0 Å². The predicted octanol–water partition coefficient (Wildman–Crippen LogP) is 6.08. The predicted molar refractivity (Wildman–Crippen MR) is 136 cm³/mol. The van der Waals surface area contributed by atoms with Crippen molar-refractivity contribution < 1.29 is 18.0 Å². The number of carbonyl (C=O) groups excluding carboxylic acids is 1. The van der Waals surface area contributed by atoms with Crippen LogP contribution < -0.4 is 16.0 Å². The van der Waals surface area contributed by atoms with E-state index in [2.05, 4.69) is 35.9 Å². The van der Waals surface area contributed by atoms with Crippen molar-refractivity contribution >= 4 is 28.9 Å². The molecule has 190 valence electrons. The number of aromatic nitrogens is 4. The first-order valence-corrected chi connectivity index (χ1v) is 11.4. The van der Waals surface area contributed by atoms with E-state index in [1.54, 1.807) is 30.5 Å². The Kier molecular flexibility index (Phi) is 7.32. The summed E-state index contributed by atoms with van der Waals surface area (Å²) in [5, 5.41) is 9.13. The van der Waals surface area contributed by atoms with Gasteiger partial charge in [-0.25, -0.2) is 19.9 Å². The molecule has 0 radical (unpaired) electrons. The lowest BCUT2D eigenvalue weighted by atomic mass is 10.1. The third-order valence-electron chi connectivity index (χ3n) is 5.29. The molecule has 0 saturated carbocycles. The monoisotopic (exact) mass is 507 g/mol. The van der Waals surface area contributed by atoms with E-state index in [-0.39, 0.29) is 11.6 Å². The van der Waals surface area contributed by atoms with Crippen molar-refractivity contribution in [3.05, 3.63) is 84.1 Å². The van der Waals surface area contributed by atoms with Crippen LogP contribution >= 0.6 is 0 Å². The Balaban J connectivity index is 1.58. The van der Waals surface area contributed by atoms with Gasteiger partial charge < -0.3 is 16.0 Å². The van der Waals surface area contributed by atoms with Crippen LogP contribution in [0.15, 0.2) is 67.4 Å². The van der Waals surface area contributed by atoms with Crippen molar-refractivity contribution in [1.82, 2.24) is 19.9 Å². The summed E-state index contributed by atoms with van der Waals surface area (Å²) in [4.78, 5) is 29.7. The van der Waals surface area contributed by atoms with Gasteiger partial charge in [-0.15, -0.1) is 0 Å². The third-order valence-corrected chi connectivity index (χ3v) is 5.29. The summed E-state index contributed by atoms with van der Waals surface area (Å²) >= 11 is 0. The van der Waals surface area contributed by atoms with Crippen molar-refractivity contribution in [2.75, 3.05) is 16.0 Å². The first-order valence-electron chi connectivity index (χ1n) is 11.4. The average Bonchev–Trinajstić information content (AvgIpc) is 2.86. The first-order chi connectivity index (χ1) is 17.6. The Labute approximate surface area is 211 Å². The number of hydrogen-bond donors (Lipinski definition) is 3. The van der Waals surface area contributed by atoms with Gasteiger partial charge in [0.15, 0.2) is 0 Å². The van der Waals surface area contributed by atoms with E-state index in [0.29, 0.717) is 34.3 Å². The number of anilines is 4. The van der Waals surface area contributed by atoms with Gasteiger partial charge in [-0.05, 0) is 56.7 Å². The molecule has 0 aliphatic rings. The lowest BCUT2D eigenvalue weighted by Crippen LogP contribution is -2.14. The first kappa shape index (κ1) is 25.5. The van der Waals surface area contributed by atoms with E-state index in [4.69, 9.17) is 0 Å². The number of amides is 1. The van der Waals surface area contributed by atoms with E-state index < -0.39 is 17.6 Å². The fourth-order valence-electron chi connectivity index (χ4n) is 3.50. The quantitative estimate of drug-likeness (QED) is 0.279. The van der Waals surface area contributed by atoms with Crippen LogP contribution in [0.1, 0.15) is 35.3 Å². The summed E-state index contributed by atoms with van der Waals surface area (Å²) in [7, 11) is 0. The fraction of sp³-hybridized carbons (Fsp3) is 0.192. The lowest BCUT2D eigenvalue weighted by molar-refractivity contribution is -0.137. The van der Waals surface area contributed by atoms with Crippen molar-refractivity contribution in [2.45, 2.75) is 33.0 Å². The van der Waals surface area contributed by atoms with E-state index >= 15 is 0 Å². The zero-order valence-electron chi connectivity index (χ0n) is 20.3. The largest absolute Gasteiger partial charge is 0.416 e. The highest BCUT2D eigenvalue weighted by molar-refractivity contribution is 6.04. The summed E-state index contributed by atoms with van der Waals surface area (Å²) in [6, 6.07) is 11.4. The molecule has 8 nitrogen and oxygen atoms in total. The minimum Gasteiger partial charge on any atom is -0.368 e. The molecular formula is C26H24F3N7O. The van der Waals surface area contributed by atoms with Gasteiger partial charge in [-0.3, -0.25) is 4.79 Å². The number of alkyl halides is 3. The van der Waals surface area contributed by atoms with Gasteiger partial charge in [0.05, 0.1) is 16.8 Å². The molecule has 11 heteroatoms. The number of halogens is 3. The van der Waals surface area contributed by atoms with Gasteiger partial charge in [0.25, 0.3) is 5.91 Å². The summed E-state index contributed by atoms with van der Waals surface area (Å²) < 4.78 is 39.1. The maximum absolute atomic E-state index is 13.0. The molecule has 0 unspecified atom stereocenters. The van der Waals surface area contributed by atoms with Gasteiger partial charge in [0.1, 0.15) is 24.3 Å². The van der Waals surface area contributed by atoms with Gasteiger partial charge in [0.2, 0.25) is 0 Å². The van der Waals surface area contributed by atoms with E-state index in [1.807, 2.05) is 20.8 Å². The zero-order chi connectivity index (χ0) is 26.6.